The van der Waals surface area contributed by atoms with Crippen LogP contribution in [0.1, 0.15) is 52.2 Å². The number of benzene rings is 2. The summed E-state index contributed by atoms with van der Waals surface area (Å²) in [5.41, 5.74) is 5.01. The molecule has 1 aromatic heterocycles. The Labute approximate surface area is 224 Å². The smallest absolute Gasteiger partial charge is 0.252 e. The third-order valence-corrected chi connectivity index (χ3v) is 8.73. The van der Waals surface area contributed by atoms with Crippen molar-refractivity contribution in [2.75, 3.05) is 38.5 Å². The van der Waals surface area contributed by atoms with Crippen LogP contribution in [0, 0.1) is 6.92 Å². The number of hydrogen-bond donors (Lipinski definition) is 4. The third-order valence-electron chi connectivity index (χ3n) is 7.60. The summed E-state index contributed by atoms with van der Waals surface area (Å²) in [5.74, 6) is -0.0378. The van der Waals surface area contributed by atoms with E-state index >= 15 is 0 Å². The number of thiophene rings is 1. The highest BCUT2D eigenvalue weighted by atomic mass is 32.1. The van der Waals surface area contributed by atoms with Gasteiger partial charge in [0.05, 0.1) is 12.1 Å². The number of hydrogen-bond acceptors (Lipinski definition) is 6. The fraction of sp³-hybridized carbons (Fsp3) is 0.433. The molecular weight excluding hydrogens is 478 g/mol. The quantitative estimate of drug-likeness (QED) is 0.329. The zero-order chi connectivity index (χ0) is 25.8. The Balaban J connectivity index is 1.20. The predicted molar refractivity (Wildman–Crippen MR) is 154 cm³/mol. The van der Waals surface area contributed by atoms with Crippen molar-refractivity contribution >= 4 is 22.9 Å². The Morgan fingerprint density at radius 2 is 1.89 bits per heavy atom. The van der Waals surface area contributed by atoms with Crippen LogP contribution in [0.4, 0.5) is 5.69 Å². The topological polar surface area (TPSA) is 68.4 Å². The van der Waals surface area contributed by atoms with Crippen LogP contribution >= 0.6 is 11.3 Å². The van der Waals surface area contributed by atoms with Gasteiger partial charge in [-0.1, -0.05) is 24.3 Å². The number of piperidine rings is 1. The van der Waals surface area contributed by atoms with Crippen LogP contribution in [0.25, 0.3) is 10.4 Å². The van der Waals surface area contributed by atoms with Gasteiger partial charge in [-0.05, 0) is 93.8 Å². The zero-order valence-electron chi connectivity index (χ0n) is 22.1. The van der Waals surface area contributed by atoms with Gasteiger partial charge in [0, 0.05) is 46.7 Å². The summed E-state index contributed by atoms with van der Waals surface area (Å²) < 4.78 is 0. The van der Waals surface area contributed by atoms with Crippen molar-refractivity contribution in [2.45, 2.75) is 51.4 Å². The maximum absolute atomic E-state index is 13.2. The maximum Gasteiger partial charge on any atom is 0.252 e. The lowest BCUT2D eigenvalue weighted by molar-refractivity contribution is 0.0939. The van der Waals surface area contributed by atoms with Gasteiger partial charge in [-0.25, -0.2) is 0 Å². The van der Waals surface area contributed by atoms with E-state index in [1.807, 2.05) is 30.4 Å². The predicted octanol–water partition coefficient (Wildman–Crippen LogP) is 4.78. The van der Waals surface area contributed by atoms with Crippen LogP contribution < -0.4 is 21.3 Å². The van der Waals surface area contributed by atoms with Gasteiger partial charge < -0.3 is 26.2 Å². The molecule has 2 aliphatic heterocycles. The van der Waals surface area contributed by atoms with E-state index in [1.165, 1.54) is 41.2 Å². The Kier molecular flexibility index (Phi) is 8.25. The highest BCUT2D eigenvalue weighted by Crippen LogP contribution is 2.30. The molecule has 5 rings (SSSR count). The minimum Gasteiger partial charge on any atom is -0.380 e. The number of anilines is 1. The van der Waals surface area contributed by atoms with E-state index in [2.05, 4.69) is 82.6 Å². The lowest BCUT2D eigenvalue weighted by atomic mass is 10.0. The zero-order valence-corrected chi connectivity index (χ0v) is 23.0. The summed E-state index contributed by atoms with van der Waals surface area (Å²) in [6.07, 6.45) is 2.44. The number of nitrogens with zero attached hydrogens (tertiary/aromatic N) is 1. The lowest BCUT2D eigenvalue weighted by Gasteiger charge is -2.29. The molecule has 7 heteroatoms. The first kappa shape index (κ1) is 25.9. The first-order valence-electron chi connectivity index (χ1n) is 13.4. The van der Waals surface area contributed by atoms with Crippen molar-refractivity contribution in [1.82, 2.24) is 20.9 Å². The molecule has 3 aromatic rings. The average molecular weight is 518 g/mol. The molecule has 196 valence electrons. The largest absolute Gasteiger partial charge is 0.380 e. The van der Waals surface area contributed by atoms with Gasteiger partial charge in [-0.3, -0.25) is 4.79 Å². The van der Waals surface area contributed by atoms with Crippen LogP contribution in [0.3, 0.4) is 0 Å². The molecule has 1 atom stereocenters. The molecule has 0 spiro atoms. The van der Waals surface area contributed by atoms with Gasteiger partial charge in [0.15, 0.2) is 0 Å². The first-order chi connectivity index (χ1) is 17.9. The summed E-state index contributed by atoms with van der Waals surface area (Å²) in [6, 6.07) is 20.0. The van der Waals surface area contributed by atoms with Crippen molar-refractivity contribution in [1.29, 1.82) is 0 Å². The minimum atomic E-state index is -0.0928. The van der Waals surface area contributed by atoms with Gasteiger partial charge in [-0.2, -0.15) is 0 Å². The van der Waals surface area contributed by atoms with Gasteiger partial charge >= 0.3 is 0 Å². The second kappa shape index (κ2) is 11.8. The van der Waals surface area contributed by atoms with Crippen LogP contribution in [-0.2, 0) is 6.54 Å². The second-order valence-corrected chi connectivity index (χ2v) is 11.7. The summed E-state index contributed by atoms with van der Waals surface area (Å²) in [6.45, 7) is 9.25. The molecular formula is C30H39N5OS. The van der Waals surface area contributed by atoms with Crippen LogP contribution in [0.15, 0.2) is 54.6 Å². The van der Waals surface area contributed by atoms with Crippen molar-refractivity contribution in [3.05, 3.63) is 76.2 Å². The third kappa shape index (κ3) is 6.60. The molecule has 0 unspecified atom stereocenters. The number of aryl methyl sites for hydroxylation is 1. The lowest BCUT2D eigenvalue weighted by Crippen LogP contribution is -2.51. The fourth-order valence-corrected chi connectivity index (χ4v) is 5.94. The van der Waals surface area contributed by atoms with Gasteiger partial charge in [0.1, 0.15) is 0 Å². The molecule has 4 N–H and O–H groups in total. The summed E-state index contributed by atoms with van der Waals surface area (Å²) in [7, 11) is 2.20. The average Bonchev–Trinajstić information content (AvgIpc) is 3.36. The molecule has 3 heterocycles. The Morgan fingerprint density at radius 3 is 2.65 bits per heavy atom. The monoisotopic (exact) mass is 517 g/mol. The molecule has 0 radical (unpaired) electrons. The van der Waals surface area contributed by atoms with E-state index in [4.69, 9.17) is 0 Å². The van der Waals surface area contributed by atoms with Crippen molar-refractivity contribution in [3.8, 4) is 10.4 Å². The van der Waals surface area contributed by atoms with Gasteiger partial charge in [0.2, 0.25) is 0 Å². The van der Waals surface area contributed by atoms with E-state index < -0.39 is 0 Å². The number of likely N-dealkylation sites (tertiary alicyclic amines) is 1. The van der Waals surface area contributed by atoms with Crippen molar-refractivity contribution in [3.63, 3.8) is 0 Å². The normalized spacial score (nSPS) is 17.8. The molecule has 37 heavy (non-hydrogen) atoms. The van der Waals surface area contributed by atoms with Crippen molar-refractivity contribution in [2.24, 2.45) is 0 Å². The maximum atomic E-state index is 13.2. The van der Waals surface area contributed by atoms with Crippen LogP contribution in [0.2, 0.25) is 0 Å². The molecule has 2 saturated heterocycles. The van der Waals surface area contributed by atoms with E-state index in [1.54, 1.807) is 0 Å². The number of amides is 1. The van der Waals surface area contributed by atoms with Crippen molar-refractivity contribution < 1.29 is 4.79 Å². The number of nitrogens with one attached hydrogen (secondary N) is 4. The molecule has 2 aromatic carbocycles. The molecule has 6 nitrogen and oxygen atoms in total. The van der Waals surface area contributed by atoms with Crippen LogP contribution in [-0.4, -0.2) is 56.1 Å². The SMILES string of the molecule is Cc1ccc(NC2CNC2)cc1C(=O)N[C@H](C)c1cccc(-c2ccc(CNC3CCN(C)CC3)s2)c1. The molecule has 2 fully saturated rings. The van der Waals surface area contributed by atoms with E-state index in [0.717, 1.165) is 42.0 Å². The Morgan fingerprint density at radius 1 is 1.08 bits per heavy atom. The highest BCUT2D eigenvalue weighted by molar-refractivity contribution is 7.15. The number of carbonyl (C=O) groups excluding carboxylic acids is 1. The van der Waals surface area contributed by atoms with Crippen LogP contribution in [0.5, 0.6) is 0 Å². The Bertz CT molecular complexity index is 1210. The highest BCUT2D eigenvalue weighted by Gasteiger charge is 2.19. The van der Waals surface area contributed by atoms with Gasteiger partial charge in [-0.15, -0.1) is 11.3 Å². The second-order valence-electron chi connectivity index (χ2n) is 10.6. The number of carbonyl (C=O) groups is 1. The fourth-order valence-electron chi connectivity index (χ4n) is 4.99. The summed E-state index contributed by atoms with van der Waals surface area (Å²) in [5, 5.41) is 13.7. The van der Waals surface area contributed by atoms with E-state index in [-0.39, 0.29) is 11.9 Å². The van der Waals surface area contributed by atoms with E-state index in [0.29, 0.717) is 12.1 Å². The first-order valence-corrected chi connectivity index (χ1v) is 14.3. The van der Waals surface area contributed by atoms with E-state index in [9.17, 15) is 4.79 Å². The summed E-state index contributed by atoms with van der Waals surface area (Å²) in [4.78, 5) is 18.2. The Hall–Kier alpha value is -2.71. The minimum absolute atomic E-state index is 0.0378. The standard InChI is InChI=1S/C30H39N5OS/c1-20-7-8-25(34-26-17-31-18-26)16-28(20)30(36)33-21(2)22-5-4-6-23(15-22)29-10-9-27(37-29)19-32-24-11-13-35(3)14-12-24/h4-10,15-16,21,24,26,31-32,34H,11-14,17-19H2,1-3H3,(H,33,36)/t21-/m1/s1. The molecule has 0 bridgehead atoms. The number of rotatable bonds is 9. The molecule has 1 amide bonds. The molecule has 0 saturated carbocycles. The molecule has 0 aliphatic carbocycles. The van der Waals surface area contributed by atoms with Gasteiger partial charge in [0.25, 0.3) is 5.91 Å². The summed E-state index contributed by atoms with van der Waals surface area (Å²) >= 11 is 1.85. The molecule has 2 aliphatic rings.